The van der Waals surface area contributed by atoms with Gasteiger partial charge in [-0.3, -0.25) is 5.10 Å². The van der Waals surface area contributed by atoms with Crippen molar-refractivity contribution in [2.75, 3.05) is 0 Å². The quantitative estimate of drug-likeness (QED) is 0.618. The number of hydrogen-bond acceptors (Lipinski definition) is 2. The van der Waals surface area contributed by atoms with Crippen molar-refractivity contribution < 1.29 is 9.90 Å². The summed E-state index contributed by atoms with van der Waals surface area (Å²) < 4.78 is 1.55. The Morgan fingerprint density at radius 3 is 3.18 bits per heavy atom. The van der Waals surface area contributed by atoms with Crippen LogP contribution >= 0.6 is 0 Å². The number of aromatic amines is 1. The minimum absolute atomic E-state index is 0.146. The Kier molecular flexibility index (Phi) is 1.00. The standard InChI is InChI=1S/C6H5N3O2/c10-6(11)4-3-5-7-1-2-9(5)8-4/h1-3,8H,(H,10,11). The van der Waals surface area contributed by atoms with Crippen molar-refractivity contribution in [2.24, 2.45) is 0 Å². The second kappa shape index (κ2) is 1.85. The molecule has 0 aliphatic carbocycles. The number of imidazole rings is 1. The van der Waals surface area contributed by atoms with Crippen LogP contribution in [0.2, 0.25) is 0 Å². The third-order valence-electron chi connectivity index (χ3n) is 1.41. The van der Waals surface area contributed by atoms with Crippen LogP contribution in [0.25, 0.3) is 5.65 Å². The van der Waals surface area contributed by atoms with Crippen LogP contribution in [-0.4, -0.2) is 25.7 Å². The molecule has 0 radical (unpaired) electrons. The number of carbonyl (C=O) groups is 1. The average molecular weight is 151 g/mol. The lowest BCUT2D eigenvalue weighted by Gasteiger charge is -1.83. The molecule has 0 aliphatic rings. The molecule has 0 bridgehead atoms. The minimum atomic E-state index is -0.976. The molecule has 0 amide bonds. The number of nitrogens with one attached hydrogen (secondary N) is 1. The summed E-state index contributed by atoms with van der Waals surface area (Å²) in [6.07, 6.45) is 3.25. The van der Waals surface area contributed by atoms with Gasteiger partial charge in [0.15, 0.2) is 5.65 Å². The summed E-state index contributed by atoms with van der Waals surface area (Å²) in [6.45, 7) is 0. The van der Waals surface area contributed by atoms with Crippen LogP contribution in [0, 0.1) is 0 Å². The molecule has 2 rings (SSSR count). The van der Waals surface area contributed by atoms with Crippen LogP contribution in [0.5, 0.6) is 0 Å². The number of fused-ring (bicyclic) bond motifs is 1. The van der Waals surface area contributed by atoms with Gasteiger partial charge in [-0.25, -0.2) is 14.3 Å². The van der Waals surface area contributed by atoms with E-state index in [1.54, 1.807) is 16.9 Å². The van der Waals surface area contributed by atoms with Gasteiger partial charge in [0.1, 0.15) is 5.69 Å². The lowest BCUT2D eigenvalue weighted by Crippen LogP contribution is -1.96. The van der Waals surface area contributed by atoms with Gasteiger partial charge >= 0.3 is 5.97 Å². The largest absolute Gasteiger partial charge is 0.477 e. The Balaban J connectivity index is 2.67. The predicted octanol–water partition coefficient (Wildman–Crippen LogP) is 0.361. The van der Waals surface area contributed by atoms with E-state index in [4.69, 9.17) is 5.11 Å². The highest BCUT2D eigenvalue weighted by Gasteiger charge is 2.06. The van der Waals surface area contributed by atoms with Crippen molar-refractivity contribution >= 4 is 11.6 Å². The van der Waals surface area contributed by atoms with Crippen LogP contribution in [-0.2, 0) is 0 Å². The molecule has 0 saturated heterocycles. The first-order valence-corrected chi connectivity index (χ1v) is 3.03. The first-order valence-electron chi connectivity index (χ1n) is 3.03. The van der Waals surface area contributed by atoms with E-state index in [0.29, 0.717) is 5.65 Å². The molecule has 0 unspecified atom stereocenters. The maximum atomic E-state index is 10.4. The fourth-order valence-electron chi connectivity index (χ4n) is 0.917. The topological polar surface area (TPSA) is 70.4 Å². The van der Waals surface area contributed by atoms with Crippen LogP contribution < -0.4 is 0 Å². The van der Waals surface area contributed by atoms with Crippen molar-refractivity contribution in [3.8, 4) is 0 Å². The fourth-order valence-corrected chi connectivity index (χ4v) is 0.917. The highest BCUT2D eigenvalue weighted by Crippen LogP contribution is 2.02. The molecule has 2 aromatic rings. The van der Waals surface area contributed by atoms with Gasteiger partial charge in [0.2, 0.25) is 0 Å². The lowest BCUT2D eigenvalue weighted by molar-refractivity contribution is 0.0690. The zero-order valence-corrected chi connectivity index (χ0v) is 5.48. The van der Waals surface area contributed by atoms with E-state index in [0.717, 1.165) is 0 Å². The van der Waals surface area contributed by atoms with Crippen LogP contribution in [0.15, 0.2) is 18.5 Å². The van der Waals surface area contributed by atoms with E-state index in [-0.39, 0.29) is 5.69 Å². The molecular weight excluding hydrogens is 146 g/mol. The third-order valence-corrected chi connectivity index (χ3v) is 1.41. The normalized spacial score (nSPS) is 10.5. The van der Waals surface area contributed by atoms with E-state index < -0.39 is 5.97 Å². The van der Waals surface area contributed by atoms with Crippen molar-refractivity contribution in [2.45, 2.75) is 0 Å². The summed E-state index contributed by atoms with van der Waals surface area (Å²) in [6, 6.07) is 1.47. The van der Waals surface area contributed by atoms with E-state index in [2.05, 4.69) is 10.1 Å². The molecule has 5 nitrogen and oxygen atoms in total. The molecule has 2 heterocycles. The number of nitrogens with zero attached hydrogens (tertiary/aromatic N) is 2. The summed E-state index contributed by atoms with van der Waals surface area (Å²) in [7, 11) is 0. The molecular formula is C6H5N3O2. The van der Waals surface area contributed by atoms with Gasteiger partial charge in [0, 0.05) is 18.5 Å². The van der Waals surface area contributed by atoms with Gasteiger partial charge in [-0.1, -0.05) is 0 Å². The van der Waals surface area contributed by atoms with Crippen molar-refractivity contribution in [3.63, 3.8) is 0 Å². The van der Waals surface area contributed by atoms with Crippen molar-refractivity contribution in [1.29, 1.82) is 0 Å². The molecule has 2 N–H and O–H groups in total. The van der Waals surface area contributed by atoms with Crippen LogP contribution in [0.1, 0.15) is 10.5 Å². The fraction of sp³-hybridized carbons (Fsp3) is 0. The second-order valence-corrected chi connectivity index (χ2v) is 2.13. The van der Waals surface area contributed by atoms with Crippen molar-refractivity contribution in [1.82, 2.24) is 14.6 Å². The van der Waals surface area contributed by atoms with Crippen LogP contribution in [0.4, 0.5) is 0 Å². The van der Waals surface area contributed by atoms with Gasteiger partial charge in [0.05, 0.1) is 0 Å². The number of rotatable bonds is 1. The number of carboxylic acid groups (broad SMARTS) is 1. The molecule has 56 valence electrons. The molecule has 0 saturated carbocycles. The lowest BCUT2D eigenvalue weighted by atomic mass is 10.4. The zero-order valence-electron chi connectivity index (χ0n) is 5.48. The average Bonchev–Trinajstić information content (AvgIpc) is 2.40. The Bertz CT molecular complexity index is 372. The van der Waals surface area contributed by atoms with Crippen molar-refractivity contribution in [3.05, 3.63) is 24.2 Å². The highest BCUT2D eigenvalue weighted by molar-refractivity contribution is 5.86. The Labute approximate surface area is 61.3 Å². The smallest absolute Gasteiger partial charge is 0.353 e. The molecule has 0 fully saturated rings. The number of aromatic carboxylic acids is 1. The maximum Gasteiger partial charge on any atom is 0.353 e. The predicted molar refractivity (Wildman–Crippen MR) is 36.5 cm³/mol. The minimum Gasteiger partial charge on any atom is -0.477 e. The van der Waals surface area contributed by atoms with Gasteiger partial charge < -0.3 is 5.11 Å². The third kappa shape index (κ3) is 0.778. The Morgan fingerprint density at radius 1 is 1.73 bits per heavy atom. The summed E-state index contributed by atoms with van der Waals surface area (Å²) >= 11 is 0. The first kappa shape index (κ1) is 5.96. The summed E-state index contributed by atoms with van der Waals surface area (Å²) in [5.74, 6) is -0.976. The Hall–Kier alpha value is -1.78. The van der Waals surface area contributed by atoms with Gasteiger partial charge in [-0.15, -0.1) is 0 Å². The summed E-state index contributed by atoms with van der Waals surface area (Å²) in [4.78, 5) is 14.3. The Morgan fingerprint density at radius 2 is 2.55 bits per heavy atom. The van der Waals surface area contributed by atoms with Crippen LogP contribution in [0.3, 0.4) is 0 Å². The molecule has 2 aromatic heterocycles. The highest BCUT2D eigenvalue weighted by atomic mass is 16.4. The van der Waals surface area contributed by atoms with E-state index in [1.807, 2.05) is 0 Å². The molecule has 11 heavy (non-hydrogen) atoms. The molecule has 0 spiro atoms. The second-order valence-electron chi connectivity index (χ2n) is 2.13. The number of aromatic nitrogens is 3. The molecule has 0 aliphatic heterocycles. The van der Waals surface area contributed by atoms with E-state index >= 15 is 0 Å². The maximum absolute atomic E-state index is 10.4. The van der Waals surface area contributed by atoms with Gasteiger partial charge in [0.25, 0.3) is 0 Å². The van der Waals surface area contributed by atoms with Gasteiger partial charge in [-0.2, -0.15) is 0 Å². The van der Waals surface area contributed by atoms with E-state index in [1.165, 1.54) is 6.07 Å². The van der Waals surface area contributed by atoms with Gasteiger partial charge in [-0.05, 0) is 0 Å². The number of carboxylic acids is 1. The van der Waals surface area contributed by atoms with E-state index in [9.17, 15) is 4.79 Å². The summed E-state index contributed by atoms with van der Waals surface area (Å²) in [5.41, 5.74) is 0.760. The molecule has 0 aromatic carbocycles. The molecule has 5 heteroatoms. The molecule has 0 atom stereocenters. The number of H-pyrrole nitrogens is 1. The zero-order chi connectivity index (χ0) is 7.84. The monoisotopic (exact) mass is 151 g/mol. The first-order chi connectivity index (χ1) is 5.27. The SMILES string of the molecule is O=C(O)c1cc2nccn2[nH]1. The number of hydrogen-bond donors (Lipinski definition) is 2. The summed E-state index contributed by atoms with van der Waals surface area (Å²) in [5, 5.41) is 11.2.